The molecule has 0 unspecified atom stereocenters. The fourth-order valence-electron chi connectivity index (χ4n) is 5.05. The van der Waals surface area contributed by atoms with Crippen LogP contribution in [-0.4, -0.2) is 59.8 Å². The van der Waals surface area contributed by atoms with Gasteiger partial charge in [-0.05, 0) is 43.7 Å². The largest absolute Gasteiger partial charge is 0.481 e. The van der Waals surface area contributed by atoms with Crippen LogP contribution in [0.1, 0.15) is 42.5 Å². The van der Waals surface area contributed by atoms with E-state index < -0.39 is 5.97 Å². The number of hydrogen-bond acceptors (Lipinski definition) is 5. The van der Waals surface area contributed by atoms with E-state index in [0.29, 0.717) is 18.4 Å². The van der Waals surface area contributed by atoms with Crippen LogP contribution >= 0.6 is 11.3 Å². The maximum absolute atomic E-state index is 12.2. The molecule has 142 valence electrons. The van der Waals surface area contributed by atoms with Crippen molar-refractivity contribution in [2.75, 3.05) is 26.2 Å². The highest BCUT2D eigenvalue weighted by atomic mass is 32.1. The number of amides is 1. The third kappa shape index (κ3) is 3.40. The minimum Gasteiger partial charge on any atom is -0.481 e. The number of thiophene rings is 1. The molecule has 1 spiro atoms. The van der Waals surface area contributed by atoms with Crippen molar-refractivity contribution in [2.24, 2.45) is 11.8 Å². The third-order valence-electron chi connectivity index (χ3n) is 6.25. The van der Waals surface area contributed by atoms with Gasteiger partial charge < -0.3 is 20.1 Å². The second-order valence-electron chi connectivity index (χ2n) is 7.84. The number of nitrogens with zero attached hydrogens (tertiary/aromatic N) is 1. The van der Waals surface area contributed by atoms with Crippen molar-refractivity contribution in [3.63, 3.8) is 0 Å². The molecule has 1 amide bonds. The average Bonchev–Trinajstić information content (AvgIpc) is 3.36. The molecule has 0 radical (unpaired) electrons. The molecule has 0 aromatic carbocycles. The first-order valence-corrected chi connectivity index (χ1v) is 10.4. The molecule has 3 fully saturated rings. The molecule has 4 heterocycles. The Bertz CT molecular complexity index is 665. The van der Waals surface area contributed by atoms with E-state index in [9.17, 15) is 9.59 Å². The number of likely N-dealkylation sites (tertiary alicyclic amines) is 1. The zero-order chi connectivity index (χ0) is 18.1. The second-order valence-corrected chi connectivity index (χ2v) is 8.62. The second kappa shape index (κ2) is 7.29. The molecule has 1 aromatic heterocycles. The van der Waals surface area contributed by atoms with Crippen LogP contribution in [0.5, 0.6) is 0 Å². The fourth-order valence-corrected chi connectivity index (χ4v) is 5.68. The molecule has 0 aliphatic carbocycles. The number of hydrogen-bond donors (Lipinski definition) is 2. The van der Waals surface area contributed by atoms with E-state index in [1.807, 2.05) is 16.8 Å². The first-order valence-electron chi connectivity index (χ1n) is 9.50. The van der Waals surface area contributed by atoms with Crippen LogP contribution in [0.15, 0.2) is 16.8 Å². The Balaban J connectivity index is 1.31. The van der Waals surface area contributed by atoms with Crippen LogP contribution in [0.25, 0.3) is 0 Å². The zero-order valence-corrected chi connectivity index (χ0v) is 15.7. The Morgan fingerprint density at radius 1 is 1.42 bits per heavy atom. The van der Waals surface area contributed by atoms with E-state index >= 15 is 0 Å². The smallest absolute Gasteiger partial charge is 0.303 e. The van der Waals surface area contributed by atoms with Gasteiger partial charge in [-0.2, -0.15) is 11.3 Å². The number of ether oxygens (including phenoxy) is 1. The molecule has 2 N–H and O–H groups in total. The van der Waals surface area contributed by atoms with E-state index in [1.54, 1.807) is 0 Å². The minimum absolute atomic E-state index is 0.00611. The van der Waals surface area contributed by atoms with Gasteiger partial charge in [0.25, 0.3) is 5.91 Å². The van der Waals surface area contributed by atoms with Gasteiger partial charge in [0.05, 0.1) is 11.7 Å². The van der Waals surface area contributed by atoms with E-state index in [1.165, 1.54) is 11.3 Å². The van der Waals surface area contributed by atoms with Crippen molar-refractivity contribution in [3.8, 4) is 0 Å². The number of unbranched alkanes of at least 4 members (excludes halogenated alkanes) is 1. The molecule has 6 nitrogen and oxygen atoms in total. The summed E-state index contributed by atoms with van der Waals surface area (Å²) in [5.41, 5.74) is 0.704. The molecule has 3 aliphatic rings. The summed E-state index contributed by atoms with van der Waals surface area (Å²) in [5.74, 6) is 0.149. The lowest BCUT2D eigenvalue weighted by Crippen LogP contribution is -2.41. The number of rotatable bonds is 8. The van der Waals surface area contributed by atoms with Crippen molar-refractivity contribution in [1.82, 2.24) is 10.2 Å². The average molecular weight is 378 g/mol. The summed E-state index contributed by atoms with van der Waals surface area (Å²) in [6.07, 6.45) is 4.37. The van der Waals surface area contributed by atoms with Gasteiger partial charge in [-0.25, -0.2) is 0 Å². The summed E-state index contributed by atoms with van der Waals surface area (Å²) < 4.78 is 6.41. The Morgan fingerprint density at radius 2 is 2.31 bits per heavy atom. The van der Waals surface area contributed by atoms with Gasteiger partial charge in [0.2, 0.25) is 0 Å². The van der Waals surface area contributed by atoms with Crippen LogP contribution in [0.2, 0.25) is 0 Å². The van der Waals surface area contributed by atoms with E-state index in [2.05, 4.69) is 10.2 Å². The summed E-state index contributed by atoms with van der Waals surface area (Å²) in [4.78, 5) is 25.3. The maximum Gasteiger partial charge on any atom is 0.303 e. The molecule has 0 saturated carbocycles. The summed E-state index contributed by atoms with van der Waals surface area (Å²) >= 11 is 1.54. The fraction of sp³-hybridized carbons (Fsp3) is 0.684. The summed E-state index contributed by atoms with van der Waals surface area (Å²) in [7, 11) is 0. The Morgan fingerprint density at radius 3 is 3.08 bits per heavy atom. The number of carbonyl (C=O) groups excluding carboxylic acids is 1. The van der Waals surface area contributed by atoms with Crippen molar-refractivity contribution >= 4 is 23.2 Å². The van der Waals surface area contributed by atoms with Crippen LogP contribution in [0.4, 0.5) is 0 Å². The van der Waals surface area contributed by atoms with Crippen LogP contribution in [0.3, 0.4) is 0 Å². The molecule has 4 rings (SSSR count). The molecular weight excluding hydrogens is 352 g/mol. The van der Waals surface area contributed by atoms with Gasteiger partial charge in [0.1, 0.15) is 0 Å². The van der Waals surface area contributed by atoms with Crippen molar-refractivity contribution < 1.29 is 19.4 Å². The topological polar surface area (TPSA) is 78.9 Å². The molecule has 26 heavy (non-hydrogen) atoms. The normalized spacial score (nSPS) is 32.7. The highest BCUT2D eigenvalue weighted by Crippen LogP contribution is 2.54. The first-order chi connectivity index (χ1) is 12.6. The number of aliphatic carboxylic acids is 1. The number of carbonyl (C=O) groups is 2. The first kappa shape index (κ1) is 17.9. The lowest BCUT2D eigenvalue weighted by Gasteiger charge is -2.29. The lowest BCUT2D eigenvalue weighted by atomic mass is 9.73. The van der Waals surface area contributed by atoms with Gasteiger partial charge in [-0.15, -0.1) is 0 Å². The molecule has 7 heteroatoms. The highest BCUT2D eigenvalue weighted by Gasteiger charge is 2.62. The molecule has 4 atom stereocenters. The van der Waals surface area contributed by atoms with Gasteiger partial charge in [0.15, 0.2) is 0 Å². The minimum atomic E-state index is -0.717. The predicted octanol–water partition coefficient (Wildman–Crippen LogP) is 2.21. The van der Waals surface area contributed by atoms with Gasteiger partial charge in [0, 0.05) is 48.8 Å². The monoisotopic (exact) mass is 378 g/mol. The van der Waals surface area contributed by atoms with Crippen LogP contribution in [-0.2, 0) is 9.53 Å². The highest BCUT2D eigenvalue weighted by molar-refractivity contribution is 7.08. The molecular formula is C19H26N2O4S. The Labute approximate surface area is 157 Å². The third-order valence-corrected chi connectivity index (χ3v) is 6.93. The SMILES string of the molecule is O=C(O)CCCCN1C[C@@H]2[C@H](CNC(=O)c3ccsc3)[C@H]3CC[C@]2(C1)O3. The zero-order valence-electron chi connectivity index (χ0n) is 14.9. The number of nitrogens with one attached hydrogen (secondary N) is 1. The van der Waals surface area contributed by atoms with E-state index in [0.717, 1.165) is 50.9 Å². The van der Waals surface area contributed by atoms with E-state index in [4.69, 9.17) is 9.84 Å². The van der Waals surface area contributed by atoms with Crippen molar-refractivity contribution in [3.05, 3.63) is 22.4 Å². The molecule has 1 aromatic rings. The number of fused-ring (bicyclic) bond motifs is 1. The Kier molecular flexibility index (Phi) is 5.03. The van der Waals surface area contributed by atoms with Gasteiger partial charge >= 0.3 is 5.97 Å². The quantitative estimate of drug-likeness (QED) is 0.678. The number of carboxylic acids is 1. The standard InChI is InChI=1S/C19H26N2O4S/c22-17(23)3-1-2-7-21-10-15-14(16-4-6-19(15,12-21)25-16)9-20-18(24)13-5-8-26-11-13/h5,8,11,14-16H,1-4,6-7,9-10,12H2,(H,20,24)(H,22,23)/t14-,15+,16+,19+/m0/s1. The van der Waals surface area contributed by atoms with Gasteiger partial charge in [-0.1, -0.05) is 0 Å². The van der Waals surface area contributed by atoms with Crippen molar-refractivity contribution in [1.29, 1.82) is 0 Å². The molecule has 3 saturated heterocycles. The predicted molar refractivity (Wildman–Crippen MR) is 98.4 cm³/mol. The Hall–Kier alpha value is -1.44. The van der Waals surface area contributed by atoms with Gasteiger partial charge in [-0.3, -0.25) is 9.59 Å². The summed E-state index contributed by atoms with van der Waals surface area (Å²) in [6, 6.07) is 1.85. The van der Waals surface area contributed by atoms with Crippen molar-refractivity contribution in [2.45, 2.75) is 43.8 Å². The van der Waals surface area contributed by atoms with Crippen LogP contribution < -0.4 is 5.32 Å². The van der Waals surface area contributed by atoms with E-state index in [-0.39, 0.29) is 24.0 Å². The lowest BCUT2D eigenvalue weighted by molar-refractivity contribution is -0.137. The maximum atomic E-state index is 12.2. The number of carboxylic acid groups (broad SMARTS) is 1. The molecule has 3 aliphatic heterocycles. The van der Waals surface area contributed by atoms with Crippen LogP contribution in [0, 0.1) is 11.8 Å². The summed E-state index contributed by atoms with van der Waals surface area (Å²) in [5, 5.41) is 15.7. The summed E-state index contributed by atoms with van der Waals surface area (Å²) in [6.45, 7) is 3.57. The molecule has 2 bridgehead atoms.